The molecule has 3 heteroatoms. The fraction of sp³-hybridized carbons (Fsp3) is 0.422. The van der Waals surface area contributed by atoms with E-state index in [1.165, 1.54) is 68.6 Å². The van der Waals surface area contributed by atoms with Crippen LogP contribution in [0.15, 0.2) is 130 Å². The molecular weight excluding hydrogens is 604 g/mol. The van der Waals surface area contributed by atoms with E-state index < -0.39 is 0 Å². The number of benzene rings is 2. The topological polar surface area (TPSA) is 6.48 Å². The molecule has 2 heterocycles. The van der Waals surface area contributed by atoms with Crippen LogP contribution in [0.25, 0.3) is 10.8 Å². The molecular formula is C45H57ClN2. The maximum absolute atomic E-state index is 7.26. The molecule has 0 saturated heterocycles. The van der Waals surface area contributed by atoms with E-state index >= 15 is 0 Å². The minimum Gasteiger partial charge on any atom is -0.364 e. The van der Waals surface area contributed by atoms with Crippen molar-refractivity contribution < 1.29 is 0 Å². The molecule has 0 N–H and O–H groups in total. The van der Waals surface area contributed by atoms with E-state index in [0.717, 1.165) is 37.3 Å². The summed E-state index contributed by atoms with van der Waals surface area (Å²) in [5.74, 6) is 0. The maximum Gasteiger partial charge on any atom is 0.0568 e. The van der Waals surface area contributed by atoms with E-state index in [-0.39, 0.29) is 16.9 Å². The summed E-state index contributed by atoms with van der Waals surface area (Å²) >= 11 is 7.26. The van der Waals surface area contributed by atoms with Crippen molar-refractivity contribution >= 4 is 28.1 Å². The van der Waals surface area contributed by atoms with Crippen molar-refractivity contribution in [2.75, 3.05) is 18.5 Å². The number of halogens is 1. The van der Waals surface area contributed by atoms with E-state index in [4.69, 9.17) is 11.6 Å². The number of allylic oxidation sites excluding steroid dienone is 13. The minimum absolute atomic E-state index is 0.0246. The standard InChI is InChI=1S/C43H51ClN2.C2H6/c1-8-10-29-46-36-26-23-31-18-14-15-21-34(31)40(36)43(5,6)38(46)28-25-33-20-16-19-32(41(33)44)24-27-37-42(3,4)39-30(9-2)17-12-11-13-22-35(39)45(37)7;1-2/h9,12-15,17-18,21-28,38H,8,10-11,16,19-20,29H2,1-7H3;1-2H3/b17-12-,22-13-,28-25+,30-9+,32-24+,37-27+;. The molecule has 0 amide bonds. The quantitative estimate of drug-likeness (QED) is 0.304. The van der Waals surface area contributed by atoms with Crippen molar-refractivity contribution in [1.82, 2.24) is 4.90 Å². The van der Waals surface area contributed by atoms with Gasteiger partial charge in [0.1, 0.15) is 0 Å². The highest BCUT2D eigenvalue weighted by atomic mass is 35.5. The minimum atomic E-state index is -0.113. The van der Waals surface area contributed by atoms with Gasteiger partial charge in [-0.25, -0.2) is 0 Å². The van der Waals surface area contributed by atoms with Crippen LogP contribution in [0.1, 0.15) is 99.5 Å². The van der Waals surface area contributed by atoms with Crippen LogP contribution in [0, 0.1) is 5.41 Å². The molecule has 6 rings (SSSR count). The lowest BCUT2D eigenvalue weighted by Gasteiger charge is -2.33. The highest BCUT2D eigenvalue weighted by molar-refractivity contribution is 6.32. The number of anilines is 1. The van der Waals surface area contributed by atoms with Crippen molar-refractivity contribution in [3.8, 4) is 0 Å². The van der Waals surface area contributed by atoms with Gasteiger partial charge in [-0.2, -0.15) is 0 Å². The van der Waals surface area contributed by atoms with E-state index in [0.29, 0.717) is 0 Å². The van der Waals surface area contributed by atoms with E-state index in [1.54, 1.807) is 0 Å². The van der Waals surface area contributed by atoms with Crippen molar-refractivity contribution in [3.05, 3.63) is 135 Å². The second-order valence-corrected chi connectivity index (χ2v) is 14.8. The Labute approximate surface area is 296 Å². The van der Waals surface area contributed by atoms with Gasteiger partial charge in [-0.1, -0.05) is 139 Å². The number of nitrogens with zero attached hydrogens (tertiary/aromatic N) is 2. The van der Waals surface area contributed by atoms with Crippen molar-refractivity contribution in [2.24, 2.45) is 5.41 Å². The summed E-state index contributed by atoms with van der Waals surface area (Å²) in [6, 6.07) is 13.8. The van der Waals surface area contributed by atoms with Crippen LogP contribution in [-0.2, 0) is 5.41 Å². The van der Waals surface area contributed by atoms with Gasteiger partial charge in [-0.05, 0) is 95.9 Å². The van der Waals surface area contributed by atoms with Crippen LogP contribution in [-0.4, -0.2) is 24.5 Å². The third-order valence-corrected chi connectivity index (χ3v) is 11.2. The molecule has 2 aliphatic heterocycles. The average Bonchev–Trinajstić information content (AvgIpc) is 3.40. The number of hydrogen-bond acceptors (Lipinski definition) is 2. The zero-order chi connectivity index (χ0) is 34.6. The average molecular weight is 661 g/mol. The first-order valence-electron chi connectivity index (χ1n) is 18.4. The summed E-state index contributed by atoms with van der Waals surface area (Å²) in [4.78, 5) is 5.03. The number of hydrogen-bond donors (Lipinski definition) is 0. The Balaban J connectivity index is 0.00000221. The normalized spacial score (nSPS) is 25.5. The molecule has 4 aliphatic rings. The Bertz CT molecular complexity index is 1770. The van der Waals surface area contributed by atoms with Crippen LogP contribution in [0.2, 0.25) is 0 Å². The van der Waals surface area contributed by atoms with E-state index in [2.05, 4.69) is 149 Å². The fourth-order valence-electron chi connectivity index (χ4n) is 8.36. The first kappa shape index (κ1) is 35.8. The number of likely N-dealkylation sites (N-methyl/N-ethyl adjacent to an activating group) is 1. The van der Waals surface area contributed by atoms with Crippen molar-refractivity contribution in [3.63, 3.8) is 0 Å². The zero-order valence-electron chi connectivity index (χ0n) is 31.0. The van der Waals surface area contributed by atoms with Gasteiger partial charge in [0.05, 0.1) is 6.04 Å². The monoisotopic (exact) mass is 660 g/mol. The van der Waals surface area contributed by atoms with Crippen molar-refractivity contribution in [2.45, 2.75) is 105 Å². The molecule has 0 spiro atoms. The summed E-state index contributed by atoms with van der Waals surface area (Å²) in [6.07, 6.45) is 27.3. The summed E-state index contributed by atoms with van der Waals surface area (Å²) in [5.41, 5.74) is 10.5. The van der Waals surface area contributed by atoms with E-state index in [1.807, 2.05) is 13.8 Å². The predicted molar refractivity (Wildman–Crippen MR) is 212 cm³/mol. The smallest absolute Gasteiger partial charge is 0.0568 e. The van der Waals surface area contributed by atoms with Crippen LogP contribution >= 0.6 is 11.6 Å². The molecule has 0 bridgehead atoms. The lowest BCUT2D eigenvalue weighted by Crippen LogP contribution is -2.40. The SMILES string of the molecule is C/C=C1\C=C/C/C=C\C2=C1C(C)(C)/C(=C\C=C1/CCCC(/C=C/C3N(CCCC)c4ccc5ccccc5c4C3(C)C)=C1Cl)N2C.CC. The third kappa shape index (κ3) is 6.46. The Morgan fingerprint density at radius 3 is 2.46 bits per heavy atom. The fourth-order valence-corrected chi connectivity index (χ4v) is 8.67. The van der Waals surface area contributed by atoms with Crippen molar-refractivity contribution in [1.29, 1.82) is 0 Å². The molecule has 2 aromatic carbocycles. The van der Waals surface area contributed by atoms with Gasteiger partial charge in [0.15, 0.2) is 0 Å². The molecule has 2 aromatic rings. The summed E-state index contributed by atoms with van der Waals surface area (Å²) < 4.78 is 0. The summed E-state index contributed by atoms with van der Waals surface area (Å²) in [6.45, 7) is 19.0. The molecule has 0 fully saturated rings. The first-order chi connectivity index (χ1) is 23.1. The molecule has 2 nitrogen and oxygen atoms in total. The molecule has 0 radical (unpaired) electrons. The molecule has 48 heavy (non-hydrogen) atoms. The highest BCUT2D eigenvalue weighted by Crippen LogP contribution is 2.51. The largest absolute Gasteiger partial charge is 0.364 e. The maximum atomic E-state index is 7.26. The Kier molecular flexibility index (Phi) is 11.2. The Hall–Kier alpha value is -3.49. The van der Waals surface area contributed by atoms with Gasteiger partial charge >= 0.3 is 0 Å². The highest BCUT2D eigenvalue weighted by Gasteiger charge is 2.44. The van der Waals surface area contributed by atoms with Gasteiger partial charge in [0.25, 0.3) is 0 Å². The number of fused-ring (bicyclic) bond motifs is 3. The lowest BCUT2D eigenvalue weighted by atomic mass is 9.78. The molecule has 0 aromatic heterocycles. The van der Waals surface area contributed by atoms with Gasteiger partial charge < -0.3 is 9.80 Å². The predicted octanol–water partition coefficient (Wildman–Crippen LogP) is 12.9. The zero-order valence-corrected chi connectivity index (χ0v) is 31.7. The molecule has 1 atom stereocenters. The van der Waals surface area contributed by atoms with Crippen LogP contribution in [0.5, 0.6) is 0 Å². The van der Waals surface area contributed by atoms with Crippen LogP contribution in [0.4, 0.5) is 5.69 Å². The summed E-state index contributed by atoms with van der Waals surface area (Å²) in [5, 5.41) is 3.63. The third-order valence-electron chi connectivity index (χ3n) is 10.8. The van der Waals surface area contributed by atoms with E-state index in [9.17, 15) is 0 Å². The molecule has 2 aliphatic carbocycles. The Morgan fingerprint density at radius 2 is 1.71 bits per heavy atom. The van der Waals surface area contributed by atoms with Gasteiger partial charge in [0.2, 0.25) is 0 Å². The number of unbranched alkanes of at least 4 members (excludes halogenated alkanes) is 1. The lowest BCUT2D eigenvalue weighted by molar-refractivity contribution is 0.446. The van der Waals surface area contributed by atoms with Crippen LogP contribution < -0.4 is 4.90 Å². The Morgan fingerprint density at radius 1 is 0.958 bits per heavy atom. The van der Waals surface area contributed by atoms with Gasteiger partial charge in [0, 0.05) is 46.5 Å². The first-order valence-corrected chi connectivity index (χ1v) is 18.7. The van der Waals surface area contributed by atoms with Crippen LogP contribution in [0.3, 0.4) is 0 Å². The van der Waals surface area contributed by atoms with Gasteiger partial charge in [-0.15, -0.1) is 0 Å². The second kappa shape index (κ2) is 15.0. The summed E-state index contributed by atoms with van der Waals surface area (Å²) in [7, 11) is 2.21. The number of rotatable bonds is 6. The molecule has 0 saturated carbocycles. The second-order valence-electron chi connectivity index (χ2n) is 14.4. The van der Waals surface area contributed by atoms with Gasteiger partial charge in [-0.3, -0.25) is 0 Å². The molecule has 1 unspecified atom stereocenters. The molecule has 254 valence electrons.